The van der Waals surface area contributed by atoms with E-state index in [0.717, 1.165) is 0 Å². The number of hydrogen-bond donors (Lipinski definition) is 2. The SMILES string of the molecule is O=S(=O)(O)CCNc1ccccn1. The van der Waals surface area contributed by atoms with E-state index in [1.54, 1.807) is 24.4 Å². The van der Waals surface area contributed by atoms with E-state index < -0.39 is 10.1 Å². The zero-order valence-corrected chi connectivity index (χ0v) is 7.66. The number of rotatable bonds is 4. The van der Waals surface area contributed by atoms with Crippen LogP contribution in [0, 0.1) is 0 Å². The molecule has 1 aromatic rings. The van der Waals surface area contributed by atoms with Gasteiger partial charge in [-0.15, -0.1) is 0 Å². The van der Waals surface area contributed by atoms with Crippen molar-refractivity contribution in [2.75, 3.05) is 17.6 Å². The standard InChI is InChI=1S/C7H10N2O3S/c10-13(11,12)6-5-9-7-3-1-2-4-8-7/h1-4H,5-6H2,(H,8,9)(H,10,11,12). The minimum absolute atomic E-state index is 0.149. The summed E-state index contributed by atoms with van der Waals surface area (Å²) in [7, 11) is -3.88. The highest BCUT2D eigenvalue weighted by Crippen LogP contribution is 1.98. The molecule has 1 rings (SSSR count). The van der Waals surface area contributed by atoms with Crippen molar-refractivity contribution in [2.45, 2.75) is 0 Å². The van der Waals surface area contributed by atoms with Gasteiger partial charge in [-0.25, -0.2) is 4.98 Å². The van der Waals surface area contributed by atoms with Gasteiger partial charge in [-0.3, -0.25) is 4.55 Å². The maximum atomic E-state index is 10.3. The zero-order chi connectivity index (χ0) is 9.73. The molecule has 72 valence electrons. The van der Waals surface area contributed by atoms with Gasteiger partial charge in [-0.1, -0.05) is 6.07 Å². The summed E-state index contributed by atoms with van der Waals surface area (Å²) in [5, 5.41) is 2.75. The van der Waals surface area contributed by atoms with Gasteiger partial charge in [0.2, 0.25) is 0 Å². The molecule has 0 saturated carbocycles. The van der Waals surface area contributed by atoms with Gasteiger partial charge in [0.15, 0.2) is 0 Å². The van der Waals surface area contributed by atoms with Crippen LogP contribution in [0.2, 0.25) is 0 Å². The van der Waals surface area contributed by atoms with Crippen LogP contribution in [0.25, 0.3) is 0 Å². The Kier molecular flexibility index (Phi) is 3.21. The molecule has 0 aliphatic heterocycles. The van der Waals surface area contributed by atoms with E-state index in [1.165, 1.54) is 0 Å². The molecule has 0 aliphatic rings. The third-order valence-corrected chi connectivity index (χ3v) is 2.05. The van der Waals surface area contributed by atoms with E-state index in [9.17, 15) is 8.42 Å². The van der Waals surface area contributed by atoms with Crippen LogP contribution >= 0.6 is 0 Å². The van der Waals surface area contributed by atoms with Crippen LogP contribution in [-0.4, -0.2) is 30.3 Å². The van der Waals surface area contributed by atoms with Gasteiger partial charge in [0.25, 0.3) is 10.1 Å². The van der Waals surface area contributed by atoms with Crippen molar-refractivity contribution in [3.05, 3.63) is 24.4 Å². The normalized spacial score (nSPS) is 11.2. The second-order valence-corrected chi connectivity index (χ2v) is 4.00. The summed E-state index contributed by atoms with van der Waals surface area (Å²) in [5.41, 5.74) is 0. The van der Waals surface area contributed by atoms with Crippen LogP contribution in [-0.2, 0) is 10.1 Å². The molecule has 6 heteroatoms. The van der Waals surface area contributed by atoms with Crippen LogP contribution in [0.1, 0.15) is 0 Å². The molecule has 0 aliphatic carbocycles. The number of pyridine rings is 1. The first-order valence-electron chi connectivity index (χ1n) is 3.68. The first kappa shape index (κ1) is 9.94. The number of hydrogen-bond acceptors (Lipinski definition) is 4. The molecular formula is C7H10N2O3S. The largest absolute Gasteiger partial charge is 0.369 e. The average molecular weight is 202 g/mol. The first-order valence-corrected chi connectivity index (χ1v) is 5.29. The van der Waals surface area contributed by atoms with Crippen LogP contribution in [0.5, 0.6) is 0 Å². The Hall–Kier alpha value is -1.14. The molecule has 1 aromatic heterocycles. The summed E-state index contributed by atoms with van der Waals surface area (Å²) < 4.78 is 29.0. The van der Waals surface area contributed by atoms with Gasteiger partial charge < -0.3 is 5.32 Å². The monoisotopic (exact) mass is 202 g/mol. The van der Waals surface area contributed by atoms with Crippen LogP contribution in [0.3, 0.4) is 0 Å². The van der Waals surface area contributed by atoms with Gasteiger partial charge in [-0.05, 0) is 12.1 Å². The minimum Gasteiger partial charge on any atom is -0.369 e. The molecule has 13 heavy (non-hydrogen) atoms. The van der Waals surface area contributed by atoms with Crippen molar-refractivity contribution >= 4 is 15.9 Å². The van der Waals surface area contributed by atoms with Crippen molar-refractivity contribution in [1.82, 2.24) is 4.98 Å². The number of nitrogens with one attached hydrogen (secondary N) is 1. The third kappa shape index (κ3) is 4.44. The summed E-state index contributed by atoms with van der Waals surface area (Å²) >= 11 is 0. The predicted octanol–water partition coefficient (Wildman–Crippen LogP) is 0.381. The quantitative estimate of drug-likeness (QED) is 0.690. The van der Waals surface area contributed by atoms with Gasteiger partial charge in [0.1, 0.15) is 5.82 Å². The van der Waals surface area contributed by atoms with Crippen molar-refractivity contribution in [2.24, 2.45) is 0 Å². The Labute approximate surface area is 76.6 Å². The second-order valence-electron chi connectivity index (χ2n) is 2.43. The van der Waals surface area contributed by atoms with Gasteiger partial charge in [0.05, 0.1) is 5.75 Å². The number of nitrogens with zero attached hydrogens (tertiary/aromatic N) is 1. The summed E-state index contributed by atoms with van der Waals surface area (Å²) in [5.74, 6) is 0.273. The molecular weight excluding hydrogens is 192 g/mol. The molecule has 0 bridgehead atoms. The molecule has 0 unspecified atom stereocenters. The highest BCUT2D eigenvalue weighted by molar-refractivity contribution is 7.85. The van der Waals surface area contributed by atoms with Crippen molar-refractivity contribution in [3.63, 3.8) is 0 Å². The lowest BCUT2D eigenvalue weighted by atomic mass is 10.4. The first-order chi connectivity index (χ1) is 6.08. The summed E-state index contributed by atoms with van der Waals surface area (Å²) in [6.07, 6.45) is 1.59. The lowest BCUT2D eigenvalue weighted by molar-refractivity contribution is 0.484. The average Bonchev–Trinajstić information content (AvgIpc) is 2.04. The molecule has 0 radical (unpaired) electrons. The fourth-order valence-corrected chi connectivity index (χ4v) is 1.14. The highest BCUT2D eigenvalue weighted by atomic mass is 32.2. The Morgan fingerprint density at radius 3 is 2.77 bits per heavy atom. The van der Waals surface area contributed by atoms with Crippen molar-refractivity contribution in [3.8, 4) is 0 Å². The van der Waals surface area contributed by atoms with E-state index in [-0.39, 0.29) is 12.3 Å². The molecule has 2 N–H and O–H groups in total. The van der Waals surface area contributed by atoms with Crippen molar-refractivity contribution in [1.29, 1.82) is 0 Å². The van der Waals surface area contributed by atoms with Gasteiger partial charge in [-0.2, -0.15) is 8.42 Å². The van der Waals surface area contributed by atoms with Crippen LogP contribution < -0.4 is 5.32 Å². The fraction of sp³-hybridized carbons (Fsp3) is 0.286. The van der Waals surface area contributed by atoms with Crippen molar-refractivity contribution < 1.29 is 13.0 Å². The summed E-state index contributed by atoms with van der Waals surface area (Å²) in [6.45, 7) is 0.149. The lowest BCUT2D eigenvalue weighted by Gasteiger charge is -2.02. The van der Waals surface area contributed by atoms with Crippen LogP contribution in [0.15, 0.2) is 24.4 Å². The lowest BCUT2D eigenvalue weighted by Crippen LogP contribution is -2.14. The summed E-state index contributed by atoms with van der Waals surface area (Å²) in [6, 6.07) is 5.25. The molecule has 5 nitrogen and oxygen atoms in total. The van der Waals surface area contributed by atoms with E-state index in [4.69, 9.17) is 4.55 Å². The predicted molar refractivity (Wildman–Crippen MR) is 49.1 cm³/mol. The van der Waals surface area contributed by atoms with E-state index in [1.807, 2.05) is 0 Å². The molecule has 0 saturated heterocycles. The minimum atomic E-state index is -3.88. The molecule has 0 atom stereocenters. The molecule has 0 spiro atoms. The van der Waals surface area contributed by atoms with E-state index >= 15 is 0 Å². The third-order valence-electron chi connectivity index (χ3n) is 1.33. The smallest absolute Gasteiger partial charge is 0.266 e. The topological polar surface area (TPSA) is 79.3 Å². The molecule has 0 aromatic carbocycles. The van der Waals surface area contributed by atoms with Gasteiger partial charge in [0, 0.05) is 12.7 Å². The maximum Gasteiger partial charge on any atom is 0.266 e. The summed E-state index contributed by atoms with van der Waals surface area (Å²) in [4.78, 5) is 3.91. The Bertz CT molecular complexity index is 349. The number of anilines is 1. The van der Waals surface area contributed by atoms with E-state index in [2.05, 4.69) is 10.3 Å². The molecule has 0 amide bonds. The molecule has 0 fully saturated rings. The Morgan fingerprint density at radius 1 is 1.46 bits per heavy atom. The maximum absolute atomic E-state index is 10.3. The number of aromatic nitrogens is 1. The Morgan fingerprint density at radius 2 is 2.23 bits per heavy atom. The van der Waals surface area contributed by atoms with Crippen LogP contribution in [0.4, 0.5) is 5.82 Å². The molecule has 1 heterocycles. The zero-order valence-electron chi connectivity index (χ0n) is 6.84. The Balaban J connectivity index is 2.37. The second kappa shape index (κ2) is 4.20. The van der Waals surface area contributed by atoms with E-state index in [0.29, 0.717) is 5.82 Å². The highest BCUT2D eigenvalue weighted by Gasteiger charge is 2.02. The van der Waals surface area contributed by atoms with Gasteiger partial charge >= 0.3 is 0 Å². The fourth-order valence-electron chi connectivity index (χ4n) is 0.775.